The number of furan rings is 1. The lowest BCUT2D eigenvalue weighted by Gasteiger charge is -2.17. The average molecular weight is 498 g/mol. The molecular formula is C29H31N3O3Si. The molecule has 0 unspecified atom stereocenters. The predicted octanol–water partition coefficient (Wildman–Crippen LogP) is 6.73. The smallest absolute Gasteiger partial charge is 0.260 e. The van der Waals surface area contributed by atoms with E-state index in [1.165, 1.54) is 0 Å². The molecule has 0 spiro atoms. The van der Waals surface area contributed by atoms with Gasteiger partial charge < -0.3 is 14.5 Å². The third-order valence-electron chi connectivity index (χ3n) is 6.25. The Balaban J connectivity index is 1.53. The molecule has 0 radical (unpaired) electrons. The van der Waals surface area contributed by atoms with Crippen molar-refractivity contribution in [1.29, 1.82) is 0 Å². The summed E-state index contributed by atoms with van der Waals surface area (Å²) in [5.41, 5.74) is 3.67. The highest BCUT2D eigenvalue weighted by molar-refractivity contribution is 6.76. The average Bonchev–Trinajstić information content (AvgIpc) is 3.30. The molecule has 0 aliphatic rings. The Kier molecular flexibility index (Phi) is 6.76. The molecule has 2 aromatic carbocycles. The van der Waals surface area contributed by atoms with Crippen LogP contribution in [0.15, 0.2) is 88.5 Å². The summed E-state index contributed by atoms with van der Waals surface area (Å²) in [6.07, 6.45) is 5.43. The molecule has 0 amide bonds. The van der Waals surface area contributed by atoms with Crippen LogP contribution in [0.25, 0.3) is 33.1 Å². The fourth-order valence-electron chi connectivity index (χ4n) is 4.16. The Morgan fingerprint density at radius 3 is 2.58 bits per heavy atom. The Morgan fingerprint density at radius 2 is 1.81 bits per heavy atom. The van der Waals surface area contributed by atoms with Gasteiger partial charge in [0, 0.05) is 67.2 Å². The van der Waals surface area contributed by atoms with Crippen molar-refractivity contribution >= 4 is 35.5 Å². The van der Waals surface area contributed by atoms with Gasteiger partial charge in [-0.1, -0.05) is 37.8 Å². The van der Waals surface area contributed by atoms with Crippen molar-refractivity contribution in [2.45, 2.75) is 39.0 Å². The first-order chi connectivity index (χ1) is 17.4. The van der Waals surface area contributed by atoms with E-state index in [1.807, 2.05) is 66.9 Å². The van der Waals surface area contributed by atoms with Crippen LogP contribution in [0.1, 0.15) is 5.56 Å². The number of anilines is 1. The molecule has 5 aromatic rings. The van der Waals surface area contributed by atoms with E-state index in [-0.39, 0.29) is 12.3 Å². The molecule has 5 rings (SSSR count). The van der Waals surface area contributed by atoms with E-state index in [2.05, 4.69) is 29.9 Å². The van der Waals surface area contributed by atoms with Gasteiger partial charge in [-0.3, -0.25) is 14.3 Å². The molecule has 1 N–H and O–H groups in total. The minimum atomic E-state index is -1.21. The number of aromatic nitrogens is 2. The van der Waals surface area contributed by atoms with E-state index in [1.54, 1.807) is 17.0 Å². The highest BCUT2D eigenvalue weighted by Gasteiger charge is 2.16. The van der Waals surface area contributed by atoms with Gasteiger partial charge in [0.05, 0.1) is 0 Å². The van der Waals surface area contributed by atoms with E-state index in [0.29, 0.717) is 18.5 Å². The van der Waals surface area contributed by atoms with Crippen LogP contribution in [0.2, 0.25) is 25.7 Å². The zero-order chi connectivity index (χ0) is 25.1. The Labute approximate surface area is 211 Å². The number of fused-ring (bicyclic) bond motifs is 2. The largest absolute Gasteiger partial charge is 0.456 e. The van der Waals surface area contributed by atoms with Crippen molar-refractivity contribution in [3.63, 3.8) is 0 Å². The van der Waals surface area contributed by atoms with E-state index < -0.39 is 8.07 Å². The quantitative estimate of drug-likeness (QED) is 0.180. The summed E-state index contributed by atoms with van der Waals surface area (Å²) in [6.45, 7) is 8.48. The van der Waals surface area contributed by atoms with Gasteiger partial charge in [-0.25, -0.2) is 0 Å². The highest BCUT2D eigenvalue weighted by atomic mass is 28.3. The van der Waals surface area contributed by atoms with Gasteiger partial charge >= 0.3 is 0 Å². The summed E-state index contributed by atoms with van der Waals surface area (Å²) >= 11 is 0. The van der Waals surface area contributed by atoms with E-state index in [0.717, 1.165) is 45.0 Å². The molecule has 0 aliphatic carbocycles. The molecule has 36 heavy (non-hydrogen) atoms. The summed E-state index contributed by atoms with van der Waals surface area (Å²) in [7, 11) is -1.21. The topological polar surface area (TPSA) is 69.3 Å². The first-order valence-corrected chi connectivity index (χ1v) is 15.9. The van der Waals surface area contributed by atoms with Gasteiger partial charge in [0.2, 0.25) is 0 Å². The molecule has 0 aliphatic heterocycles. The van der Waals surface area contributed by atoms with Crippen molar-refractivity contribution in [2.24, 2.45) is 0 Å². The monoisotopic (exact) mass is 497 g/mol. The second-order valence-corrected chi connectivity index (χ2v) is 15.9. The Morgan fingerprint density at radius 1 is 1.00 bits per heavy atom. The standard InChI is InChI=1S/C29H31N3O3Si/c1-36(2,3)15-14-34-20-32-19-26(28-16-22-6-4-5-7-27(22)35-28)25-17-23(8-9-24(25)29(32)33)31-18-21-10-12-30-13-11-21/h4-13,16-17,19,31H,14-15,18,20H2,1-3H3. The number of ether oxygens (including phenoxy) is 1. The van der Waals surface area contributed by atoms with Gasteiger partial charge in [-0.15, -0.1) is 0 Å². The minimum Gasteiger partial charge on any atom is -0.456 e. The fourth-order valence-corrected chi connectivity index (χ4v) is 4.91. The molecule has 0 saturated carbocycles. The number of para-hydroxylation sites is 1. The number of nitrogens with one attached hydrogen (secondary N) is 1. The van der Waals surface area contributed by atoms with Gasteiger partial charge in [-0.2, -0.15) is 0 Å². The second-order valence-electron chi connectivity index (χ2n) is 10.3. The second kappa shape index (κ2) is 10.1. The number of hydrogen-bond donors (Lipinski definition) is 1. The molecule has 0 atom stereocenters. The van der Waals surface area contributed by atoms with Gasteiger partial charge in [-0.05, 0) is 54.1 Å². The van der Waals surface area contributed by atoms with Crippen molar-refractivity contribution in [1.82, 2.24) is 9.55 Å². The lowest BCUT2D eigenvalue weighted by atomic mass is 10.0. The van der Waals surface area contributed by atoms with Gasteiger partial charge in [0.1, 0.15) is 18.1 Å². The molecule has 7 heteroatoms. The first-order valence-electron chi connectivity index (χ1n) is 12.2. The van der Waals surface area contributed by atoms with E-state index in [4.69, 9.17) is 9.15 Å². The van der Waals surface area contributed by atoms with E-state index in [9.17, 15) is 4.79 Å². The number of pyridine rings is 2. The van der Waals surface area contributed by atoms with Crippen LogP contribution >= 0.6 is 0 Å². The summed E-state index contributed by atoms with van der Waals surface area (Å²) in [4.78, 5) is 17.5. The maximum atomic E-state index is 13.4. The molecule has 6 nitrogen and oxygen atoms in total. The van der Waals surface area contributed by atoms with Crippen LogP contribution in [0.4, 0.5) is 5.69 Å². The normalized spacial score (nSPS) is 11.9. The van der Waals surface area contributed by atoms with Crippen molar-refractivity contribution in [3.05, 3.63) is 95.2 Å². The SMILES string of the molecule is C[Si](C)(C)CCOCn1cc(-c2cc3ccccc3o2)c2cc(NCc3ccncc3)ccc2c1=O. The van der Waals surface area contributed by atoms with Crippen molar-refractivity contribution in [3.8, 4) is 11.3 Å². The molecule has 0 saturated heterocycles. The number of hydrogen-bond acceptors (Lipinski definition) is 5. The maximum absolute atomic E-state index is 13.4. The summed E-state index contributed by atoms with van der Waals surface area (Å²) in [5.74, 6) is 0.725. The van der Waals surface area contributed by atoms with Crippen LogP contribution in [0.3, 0.4) is 0 Å². The maximum Gasteiger partial charge on any atom is 0.260 e. The van der Waals surface area contributed by atoms with Crippen LogP contribution in [0.5, 0.6) is 0 Å². The van der Waals surface area contributed by atoms with Crippen molar-refractivity contribution < 1.29 is 9.15 Å². The Bertz CT molecular complexity index is 1520. The lowest BCUT2D eigenvalue weighted by Crippen LogP contribution is -2.25. The zero-order valence-corrected chi connectivity index (χ0v) is 22.0. The van der Waals surface area contributed by atoms with Gasteiger partial charge in [0.15, 0.2) is 0 Å². The third-order valence-corrected chi connectivity index (χ3v) is 7.95. The number of benzene rings is 2. The molecule has 0 fully saturated rings. The van der Waals surface area contributed by atoms with Crippen LogP contribution in [-0.4, -0.2) is 24.2 Å². The minimum absolute atomic E-state index is 0.0708. The summed E-state index contributed by atoms with van der Waals surface area (Å²) in [6, 6.07) is 20.8. The predicted molar refractivity (Wildman–Crippen MR) is 149 cm³/mol. The zero-order valence-electron chi connectivity index (χ0n) is 21.0. The highest BCUT2D eigenvalue weighted by Crippen LogP contribution is 2.33. The molecule has 3 heterocycles. The van der Waals surface area contributed by atoms with Crippen LogP contribution in [-0.2, 0) is 18.0 Å². The third kappa shape index (κ3) is 5.42. The first kappa shape index (κ1) is 24.0. The Hall–Kier alpha value is -3.68. The molecular weight excluding hydrogens is 466 g/mol. The van der Waals surface area contributed by atoms with Gasteiger partial charge in [0.25, 0.3) is 5.56 Å². The molecule has 0 bridgehead atoms. The molecule has 3 aromatic heterocycles. The summed E-state index contributed by atoms with van der Waals surface area (Å²) < 4.78 is 13.8. The van der Waals surface area contributed by atoms with Crippen LogP contribution < -0.4 is 10.9 Å². The number of rotatable bonds is 9. The van der Waals surface area contributed by atoms with Crippen molar-refractivity contribution in [2.75, 3.05) is 11.9 Å². The van der Waals surface area contributed by atoms with Crippen LogP contribution in [0, 0.1) is 0 Å². The summed E-state index contributed by atoms with van der Waals surface area (Å²) in [5, 5.41) is 5.97. The lowest BCUT2D eigenvalue weighted by molar-refractivity contribution is 0.0852. The fraction of sp³-hybridized carbons (Fsp3) is 0.241. The van der Waals surface area contributed by atoms with E-state index >= 15 is 0 Å². The molecule has 184 valence electrons. The number of nitrogens with zero attached hydrogens (tertiary/aromatic N) is 2.